The summed E-state index contributed by atoms with van der Waals surface area (Å²) in [5, 5.41) is 4.99. The van der Waals surface area contributed by atoms with Crippen molar-refractivity contribution in [1.29, 1.82) is 0 Å². The Morgan fingerprint density at radius 2 is 0.889 bits per heavy atom. The van der Waals surface area contributed by atoms with Crippen LogP contribution in [0.4, 0.5) is 17.1 Å². The first-order valence-corrected chi connectivity index (χ1v) is 18.5. The van der Waals surface area contributed by atoms with Crippen molar-refractivity contribution in [3.05, 3.63) is 218 Å². The molecule has 10 rings (SSSR count). The van der Waals surface area contributed by atoms with Crippen molar-refractivity contribution in [2.45, 2.75) is 0 Å². The van der Waals surface area contributed by atoms with Crippen LogP contribution in [0.15, 0.2) is 218 Å². The van der Waals surface area contributed by atoms with Crippen LogP contribution in [0.2, 0.25) is 0 Å². The Labute approximate surface area is 315 Å². The molecule has 0 atom stereocenters. The zero-order chi connectivity index (χ0) is 35.8. The van der Waals surface area contributed by atoms with Gasteiger partial charge in [-0.05, 0) is 93.4 Å². The van der Waals surface area contributed by atoms with Gasteiger partial charge in [-0.3, -0.25) is 0 Å². The van der Waals surface area contributed by atoms with Crippen molar-refractivity contribution in [2.24, 2.45) is 0 Å². The zero-order valence-corrected chi connectivity index (χ0v) is 29.7. The van der Waals surface area contributed by atoms with Crippen molar-refractivity contribution in [2.75, 3.05) is 4.90 Å². The van der Waals surface area contributed by atoms with Gasteiger partial charge < -0.3 is 9.47 Å². The number of benzene rings is 9. The highest BCUT2D eigenvalue weighted by molar-refractivity contribution is 6.22. The molecule has 0 aliphatic heterocycles. The molecule has 0 fully saturated rings. The average Bonchev–Trinajstić information content (AvgIpc) is 3.60. The second-order valence-electron chi connectivity index (χ2n) is 13.8. The molecule has 1 heterocycles. The van der Waals surface area contributed by atoms with Crippen LogP contribution in [0, 0.1) is 0 Å². The van der Waals surface area contributed by atoms with Crippen molar-refractivity contribution >= 4 is 49.6 Å². The van der Waals surface area contributed by atoms with E-state index in [2.05, 4.69) is 228 Å². The maximum atomic E-state index is 2.44. The van der Waals surface area contributed by atoms with Crippen molar-refractivity contribution in [3.63, 3.8) is 0 Å². The van der Waals surface area contributed by atoms with E-state index >= 15 is 0 Å². The molecular weight excluding hydrogens is 653 g/mol. The Morgan fingerprint density at radius 3 is 1.61 bits per heavy atom. The molecule has 10 aromatic rings. The monoisotopic (exact) mass is 688 g/mol. The van der Waals surface area contributed by atoms with Gasteiger partial charge in [0, 0.05) is 38.9 Å². The third kappa shape index (κ3) is 5.53. The molecule has 0 aliphatic rings. The lowest BCUT2D eigenvalue weighted by Crippen LogP contribution is -2.10. The Balaban J connectivity index is 1.17. The van der Waals surface area contributed by atoms with E-state index in [0.717, 1.165) is 22.7 Å². The molecule has 2 nitrogen and oxygen atoms in total. The minimum absolute atomic E-state index is 1.10. The van der Waals surface area contributed by atoms with Gasteiger partial charge in [-0.2, -0.15) is 0 Å². The summed E-state index contributed by atoms with van der Waals surface area (Å²) in [6.07, 6.45) is 0. The minimum atomic E-state index is 1.10. The summed E-state index contributed by atoms with van der Waals surface area (Å²) in [5.74, 6) is 0. The molecule has 0 radical (unpaired) electrons. The van der Waals surface area contributed by atoms with Crippen LogP contribution in [0.5, 0.6) is 0 Å². The lowest BCUT2D eigenvalue weighted by molar-refractivity contribution is 1.19. The molecule has 0 saturated heterocycles. The number of nitrogens with zero attached hydrogens (tertiary/aromatic N) is 2. The highest BCUT2D eigenvalue weighted by Gasteiger charge is 2.20. The van der Waals surface area contributed by atoms with Gasteiger partial charge in [-0.15, -0.1) is 0 Å². The molecule has 0 aliphatic carbocycles. The molecule has 2 heteroatoms. The zero-order valence-electron chi connectivity index (χ0n) is 29.7. The first kappa shape index (κ1) is 31.6. The minimum Gasteiger partial charge on any atom is -0.310 e. The summed E-state index contributed by atoms with van der Waals surface area (Å²) >= 11 is 0. The molecule has 0 N–H and O–H groups in total. The molecule has 1 aromatic heterocycles. The standard InChI is InChI=1S/C52H36N2/c1-4-15-37(16-5-1)39-29-32-44(33-30-39)53(45-24-12-20-41(35-45)38-17-6-2-7-18-38)46-25-13-21-42(36-46)47-27-14-28-50-51(47)49-34-31-40-19-10-11-26-48(40)52(49)54(50)43-22-8-3-9-23-43/h1-36H. The fourth-order valence-corrected chi connectivity index (χ4v) is 8.06. The number of hydrogen-bond acceptors (Lipinski definition) is 1. The van der Waals surface area contributed by atoms with Gasteiger partial charge in [-0.1, -0.05) is 164 Å². The largest absolute Gasteiger partial charge is 0.310 e. The molecule has 9 aromatic carbocycles. The fourth-order valence-electron chi connectivity index (χ4n) is 8.06. The molecular formula is C52H36N2. The van der Waals surface area contributed by atoms with E-state index < -0.39 is 0 Å². The average molecular weight is 689 g/mol. The molecule has 0 amide bonds. The highest BCUT2D eigenvalue weighted by atomic mass is 15.1. The van der Waals surface area contributed by atoms with Crippen LogP contribution in [-0.4, -0.2) is 4.57 Å². The predicted octanol–water partition coefficient (Wildman–Crippen LogP) is 14.4. The lowest BCUT2D eigenvalue weighted by Gasteiger charge is -2.27. The van der Waals surface area contributed by atoms with Gasteiger partial charge in [0.15, 0.2) is 0 Å². The second kappa shape index (κ2) is 13.4. The van der Waals surface area contributed by atoms with E-state index in [1.807, 2.05) is 0 Å². The number of fused-ring (bicyclic) bond motifs is 5. The highest BCUT2D eigenvalue weighted by Crippen LogP contribution is 2.43. The summed E-state index contributed by atoms with van der Waals surface area (Å²) in [7, 11) is 0. The Hall–Kier alpha value is -7.16. The molecule has 0 unspecified atom stereocenters. The summed E-state index contributed by atoms with van der Waals surface area (Å²) in [6.45, 7) is 0. The van der Waals surface area contributed by atoms with Crippen molar-refractivity contribution in [3.8, 4) is 39.1 Å². The Morgan fingerprint density at radius 1 is 0.333 bits per heavy atom. The van der Waals surface area contributed by atoms with Gasteiger partial charge in [0.25, 0.3) is 0 Å². The van der Waals surface area contributed by atoms with Gasteiger partial charge in [0.1, 0.15) is 0 Å². The molecule has 0 saturated carbocycles. The molecule has 54 heavy (non-hydrogen) atoms. The van der Waals surface area contributed by atoms with Crippen LogP contribution in [0.25, 0.3) is 71.6 Å². The topological polar surface area (TPSA) is 8.17 Å². The SMILES string of the molecule is c1ccc(-c2ccc(N(c3cccc(-c4ccccc4)c3)c3cccc(-c4cccc5c4c4ccc6ccccc6c4n5-c4ccccc4)c3)cc2)cc1. The van der Waals surface area contributed by atoms with Crippen molar-refractivity contribution in [1.82, 2.24) is 4.57 Å². The van der Waals surface area contributed by atoms with Gasteiger partial charge in [-0.25, -0.2) is 0 Å². The smallest absolute Gasteiger partial charge is 0.0619 e. The van der Waals surface area contributed by atoms with Gasteiger partial charge in [0.05, 0.1) is 11.0 Å². The predicted molar refractivity (Wildman–Crippen MR) is 229 cm³/mol. The first-order valence-electron chi connectivity index (χ1n) is 18.5. The third-order valence-corrected chi connectivity index (χ3v) is 10.6. The van der Waals surface area contributed by atoms with E-state index in [0.29, 0.717) is 0 Å². The number of aromatic nitrogens is 1. The maximum absolute atomic E-state index is 2.44. The number of para-hydroxylation sites is 1. The van der Waals surface area contributed by atoms with Crippen LogP contribution >= 0.6 is 0 Å². The Kier molecular flexibility index (Phi) is 7.85. The summed E-state index contributed by atoms with van der Waals surface area (Å²) in [4.78, 5) is 2.38. The van der Waals surface area contributed by atoms with Crippen molar-refractivity contribution < 1.29 is 0 Å². The van der Waals surface area contributed by atoms with Crippen LogP contribution in [0.3, 0.4) is 0 Å². The normalized spacial score (nSPS) is 11.3. The molecule has 0 bridgehead atoms. The number of rotatable bonds is 7. The maximum Gasteiger partial charge on any atom is 0.0619 e. The van der Waals surface area contributed by atoms with Gasteiger partial charge >= 0.3 is 0 Å². The van der Waals surface area contributed by atoms with E-state index in [4.69, 9.17) is 0 Å². The van der Waals surface area contributed by atoms with E-state index in [-0.39, 0.29) is 0 Å². The van der Waals surface area contributed by atoms with Crippen LogP contribution in [0.1, 0.15) is 0 Å². The summed E-state index contributed by atoms with van der Waals surface area (Å²) in [6, 6.07) is 78.8. The summed E-state index contributed by atoms with van der Waals surface area (Å²) < 4.78 is 2.44. The number of anilines is 3. The molecule has 254 valence electrons. The number of hydrogen-bond donors (Lipinski definition) is 0. The Bertz CT molecular complexity index is 2910. The second-order valence-corrected chi connectivity index (χ2v) is 13.8. The fraction of sp³-hybridized carbons (Fsp3) is 0. The van der Waals surface area contributed by atoms with Gasteiger partial charge in [0.2, 0.25) is 0 Å². The third-order valence-electron chi connectivity index (χ3n) is 10.6. The van der Waals surface area contributed by atoms with Crippen LogP contribution in [-0.2, 0) is 0 Å². The van der Waals surface area contributed by atoms with E-state index in [1.165, 1.54) is 66.0 Å². The molecule has 0 spiro atoms. The lowest BCUT2D eigenvalue weighted by atomic mass is 9.97. The summed E-state index contributed by atoms with van der Waals surface area (Å²) in [5.41, 5.74) is 14.0. The first-order chi connectivity index (χ1) is 26.8. The van der Waals surface area contributed by atoms with E-state index in [9.17, 15) is 0 Å². The quantitative estimate of drug-likeness (QED) is 0.162. The van der Waals surface area contributed by atoms with Crippen LogP contribution < -0.4 is 4.90 Å². The van der Waals surface area contributed by atoms with E-state index in [1.54, 1.807) is 0 Å².